The minimum absolute atomic E-state index is 0.0846. The van der Waals surface area contributed by atoms with Gasteiger partial charge in [-0.3, -0.25) is 4.79 Å². The van der Waals surface area contributed by atoms with Gasteiger partial charge in [-0.2, -0.15) is 0 Å². The van der Waals surface area contributed by atoms with Crippen LogP contribution in [0.15, 0.2) is 18.2 Å². The highest BCUT2D eigenvalue weighted by molar-refractivity contribution is 5.85. The minimum Gasteiger partial charge on any atom is -0.480 e. The Labute approximate surface area is 113 Å². The summed E-state index contributed by atoms with van der Waals surface area (Å²) in [6, 6.07) is 5.37. The van der Waals surface area contributed by atoms with Crippen LogP contribution in [0, 0.1) is 13.8 Å². The number of hydrogen-bond acceptors (Lipinski definition) is 2. The lowest BCUT2D eigenvalue weighted by Crippen LogP contribution is -2.41. The van der Waals surface area contributed by atoms with Gasteiger partial charge in [0.2, 0.25) is 5.91 Å². The molecule has 0 saturated carbocycles. The van der Waals surface area contributed by atoms with E-state index in [0.29, 0.717) is 13.0 Å². The van der Waals surface area contributed by atoms with E-state index in [4.69, 9.17) is 5.11 Å². The predicted octanol–water partition coefficient (Wildman–Crippen LogP) is 1.92. The molecule has 1 fully saturated rings. The molecule has 0 unspecified atom stereocenters. The van der Waals surface area contributed by atoms with E-state index in [-0.39, 0.29) is 12.3 Å². The van der Waals surface area contributed by atoms with Crippen LogP contribution in [0.5, 0.6) is 0 Å². The maximum atomic E-state index is 12.3. The third kappa shape index (κ3) is 2.95. The van der Waals surface area contributed by atoms with Gasteiger partial charge in [0, 0.05) is 6.54 Å². The second-order valence-corrected chi connectivity index (χ2v) is 5.19. The molecule has 0 radical (unpaired) electrons. The average Bonchev–Trinajstić information content (AvgIpc) is 2.83. The number of aryl methyl sites for hydroxylation is 2. The lowest BCUT2D eigenvalue weighted by molar-refractivity contribution is -0.148. The Balaban J connectivity index is 2.12. The van der Waals surface area contributed by atoms with Gasteiger partial charge in [-0.05, 0) is 37.8 Å². The second kappa shape index (κ2) is 5.43. The number of carboxylic acid groups (broad SMARTS) is 1. The highest BCUT2D eigenvalue weighted by Gasteiger charge is 2.33. The standard InChI is InChI=1S/C15H19NO3/c1-10-5-6-11(2)12(8-10)9-14(17)16-7-3-4-13(16)15(18)19/h5-6,8,13H,3-4,7,9H2,1-2H3,(H,18,19)/t13-/m1/s1. The Kier molecular flexibility index (Phi) is 3.88. The quantitative estimate of drug-likeness (QED) is 0.904. The van der Waals surface area contributed by atoms with Gasteiger partial charge >= 0.3 is 5.97 Å². The number of likely N-dealkylation sites (tertiary alicyclic amines) is 1. The van der Waals surface area contributed by atoms with Crippen molar-refractivity contribution in [3.05, 3.63) is 34.9 Å². The molecular weight excluding hydrogens is 242 g/mol. The van der Waals surface area contributed by atoms with Crippen molar-refractivity contribution in [3.63, 3.8) is 0 Å². The normalized spacial score (nSPS) is 18.6. The molecule has 1 N–H and O–H groups in total. The summed E-state index contributed by atoms with van der Waals surface area (Å²) in [5, 5.41) is 9.10. The van der Waals surface area contributed by atoms with Crippen LogP contribution < -0.4 is 0 Å². The number of carbonyl (C=O) groups is 2. The van der Waals surface area contributed by atoms with E-state index in [0.717, 1.165) is 23.1 Å². The van der Waals surface area contributed by atoms with E-state index in [2.05, 4.69) is 0 Å². The maximum Gasteiger partial charge on any atom is 0.326 e. The molecule has 19 heavy (non-hydrogen) atoms. The third-order valence-electron chi connectivity index (χ3n) is 3.70. The fraction of sp³-hybridized carbons (Fsp3) is 0.467. The van der Waals surface area contributed by atoms with Crippen LogP contribution in [0.2, 0.25) is 0 Å². The van der Waals surface area contributed by atoms with Gasteiger partial charge in [0.1, 0.15) is 6.04 Å². The molecule has 1 saturated heterocycles. The van der Waals surface area contributed by atoms with Gasteiger partial charge < -0.3 is 10.0 Å². The first kappa shape index (κ1) is 13.6. The third-order valence-corrected chi connectivity index (χ3v) is 3.70. The van der Waals surface area contributed by atoms with Crippen molar-refractivity contribution >= 4 is 11.9 Å². The van der Waals surface area contributed by atoms with Crippen LogP contribution in [-0.2, 0) is 16.0 Å². The van der Waals surface area contributed by atoms with Crippen molar-refractivity contribution in [1.29, 1.82) is 0 Å². The van der Waals surface area contributed by atoms with E-state index in [1.165, 1.54) is 4.90 Å². The summed E-state index contributed by atoms with van der Waals surface area (Å²) in [6.07, 6.45) is 1.63. The van der Waals surface area contributed by atoms with Gasteiger partial charge in [0.15, 0.2) is 0 Å². The average molecular weight is 261 g/mol. The molecule has 1 aromatic rings. The largest absolute Gasteiger partial charge is 0.480 e. The first-order valence-corrected chi connectivity index (χ1v) is 6.57. The second-order valence-electron chi connectivity index (χ2n) is 5.19. The molecule has 0 aliphatic carbocycles. The van der Waals surface area contributed by atoms with Crippen molar-refractivity contribution in [1.82, 2.24) is 4.90 Å². The summed E-state index contributed by atoms with van der Waals surface area (Å²) in [4.78, 5) is 24.9. The zero-order chi connectivity index (χ0) is 14.0. The number of benzene rings is 1. The van der Waals surface area contributed by atoms with Crippen LogP contribution in [0.25, 0.3) is 0 Å². The highest BCUT2D eigenvalue weighted by atomic mass is 16.4. The fourth-order valence-electron chi connectivity index (χ4n) is 2.58. The number of nitrogens with zero attached hydrogens (tertiary/aromatic N) is 1. The van der Waals surface area contributed by atoms with Crippen LogP contribution in [0.4, 0.5) is 0 Å². The molecule has 1 heterocycles. The maximum absolute atomic E-state index is 12.3. The predicted molar refractivity (Wildman–Crippen MR) is 72.0 cm³/mol. The molecule has 4 nitrogen and oxygen atoms in total. The van der Waals surface area contributed by atoms with E-state index >= 15 is 0 Å². The first-order chi connectivity index (χ1) is 8.99. The monoisotopic (exact) mass is 261 g/mol. The molecule has 1 aromatic carbocycles. The van der Waals surface area contributed by atoms with Gasteiger partial charge in [0.25, 0.3) is 0 Å². The van der Waals surface area contributed by atoms with Crippen molar-refractivity contribution in [2.75, 3.05) is 6.54 Å². The summed E-state index contributed by atoms with van der Waals surface area (Å²) >= 11 is 0. The van der Waals surface area contributed by atoms with Crippen molar-refractivity contribution in [2.45, 2.75) is 39.2 Å². The van der Waals surface area contributed by atoms with Gasteiger partial charge in [-0.1, -0.05) is 23.8 Å². The molecule has 0 bridgehead atoms. The molecule has 0 aromatic heterocycles. The number of carboxylic acids is 1. The SMILES string of the molecule is Cc1ccc(C)c(CC(=O)N2CCC[C@@H]2C(=O)O)c1. The summed E-state index contributed by atoms with van der Waals surface area (Å²) in [5.74, 6) is -0.981. The van der Waals surface area contributed by atoms with Crippen LogP contribution in [0.3, 0.4) is 0 Å². The lowest BCUT2D eigenvalue weighted by Gasteiger charge is -2.22. The zero-order valence-electron chi connectivity index (χ0n) is 11.3. The Bertz CT molecular complexity index is 510. The van der Waals surface area contributed by atoms with Gasteiger partial charge in [-0.15, -0.1) is 0 Å². The Morgan fingerprint density at radius 1 is 1.37 bits per heavy atom. The zero-order valence-corrected chi connectivity index (χ0v) is 11.3. The number of carbonyl (C=O) groups excluding carboxylic acids is 1. The van der Waals surface area contributed by atoms with Crippen LogP contribution in [0.1, 0.15) is 29.5 Å². The molecule has 1 atom stereocenters. The van der Waals surface area contributed by atoms with Crippen LogP contribution in [-0.4, -0.2) is 34.5 Å². The lowest BCUT2D eigenvalue weighted by atomic mass is 10.0. The summed E-state index contributed by atoms with van der Waals surface area (Å²) in [5.41, 5.74) is 3.18. The van der Waals surface area contributed by atoms with E-state index in [9.17, 15) is 9.59 Å². The van der Waals surface area contributed by atoms with E-state index < -0.39 is 12.0 Å². The van der Waals surface area contributed by atoms with Crippen molar-refractivity contribution in [2.24, 2.45) is 0 Å². The Morgan fingerprint density at radius 2 is 2.11 bits per heavy atom. The van der Waals surface area contributed by atoms with E-state index in [1.807, 2.05) is 32.0 Å². The number of rotatable bonds is 3. The van der Waals surface area contributed by atoms with E-state index in [1.54, 1.807) is 0 Å². The number of hydrogen-bond donors (Lipinski definition) is 1. The van der Waals surface area contributed by atoms with Crippen molar-refractivity contribution < 1.29 is 14.7 Å². The Hall–Kier alpha value is -1.84. The molecular formula is C15H19NO3. The summed E-state index contributed by atoms with van der Waals surface area (Å²) < 4.78 is 0. The van der Waals surface area contributed by atoms with Gasteiger partial charge in [0.05, 0.1) is 6.42 Å². The minimum atomic E-state index is -0.896. The molecule has 1 aliphatic rings. The molecule has 102 valence electrons. The molecule has 2 rings (SSSR count). The number of aliphatic carboxylic acids is 1. The van der Waals surface area contributed by atoms with Crippen molar-refractivity contribution in [3.8, 4) is 0 Å². The topological polar surface area (TPSA) is 57.6 Å². The molecule has 1 aliphatic heterocycles. The highest BCUT2D eigenvalue weighted by Crippen LogP contribution is 2.20. The summed E-state index contributed by atoms with van der Waals surface area (Å²) in [6.45, 7) is 4.52. The smallest absolute Gasteiger partial charge is 0.326 e. The number of amides is 1. The van der Waals surface area contributed by atoms with Crippen LogP contribution >= 0.6 is 0 Å². The molecule has 4 heteroatoms. The molecule has 1 amide bonds. The van der Waals surface area contributed by atoms with Gasteiger partial charge in [-0.25, -0.2) is 4.79 Å². The first-order valence-electron chi connectivity index (χ1n) is 6.57. The Morgan fingerprint density at radius 3 is 2.79 bits per heavy atom. The fourth-order valence-corrected chi connectivity index (χ4v) is 2.58. The summed E-state index contributed by atoms with van der Waals surface area (Å²) in [7, 11) is 0. The molecule has 0 spiro atoms.